The van der Waals surface area contributed by atoms with E-state index in [0.717, 1.165) is 0 Å². The van der Waals surface area contributed by atoms with Crippen molar-refractivity contribution in [2.45, 2.75) is 115 Å². The highest BCUT2D eigenvalue weighted by atomic mass is 16.6. The van der Waals surface area contributed by atoms with E-state index in [0.29, 0.717) is 37.7 Å². The molecule has 5 aliphatic rings. The standard InChI is InChI=1S/C29H44O8/c1-14-16(15(2)37-25(14)34)10-24(33)28(5,35)23-7-9-29(36)18-11-20(30)19-12-21(31)22(32)13-26(19,3)17(18)6-8-27(23,29)4/h11,14-17,19,21-24,31-33,35-36H,6-10,12-13H2,1-5H3/t14-,15+,16-,17-,19-,21-,22+,23-,24+,26+,27+,28+,29+/m0/s1. The number of ketones is 1. The molecule has 1 aliphatic heterocycles. The summed E-state index contributed by atoms with van der Waals surface area (Å²) < 4.78 is 5.34. The fraction of sp³-hybridized carbons (Fsp3) is 0.862. The number of fused-ring (bicyclic) bond motifs is 5. The van der Waals surface area contributed by atoms with Crippen LogP contribution in [0.3, 0.4) is 0 Å². The Bertz CT molecular complexity index is 1010. The quantitative estimate of drug-likeness (QED) is 0.354. The van der Waals surface area contributed by atoms with Crippen LogP contribution in [-0.4, -0.2) is 72.9 Å². The second-order valence-corrected chi connectivity index (χ2v) is 13.7. The smallest absolute Gasteiger partial charge is 0.309 e. The van der Waals surface area contributed by atoms with Gasteiger partial charge in [-0.25, -0.2) is 0 Å². The van der Waals surface area contributed by atoms with Crippen LogP contribution in [0.15, 0.2) is 11.6 Å². The summed E-state index contributed by atoms with van der Waals surface area (Å²) in [7, 11) is 0. The number of esters is 1. The molecule has 0 bridgehead atoms. The number of cyclic esters (lactones) is 1. The van der Waals surface area contributed by atoms with Crippen molar-refractivity contribution < 1.29 is 39.9 Å². The van der Waals surface area contributed by atoms with Gasteiger partial charge < -0.3 is 30.3 Å². The summed E-state index contributed by atoms with van der Waals surface area (Å²) in [6.07, 6.45) is 1.21. The van der Waals surface area contributed by atoms with Crippen LogP contribution in [0, 0.1) is 40.4 Å². The van der Waals surface area contributed by atoms with Crippen molar-refractivity contribution in [2.24, 2.45) is 40.4 Å². The van der Waals surface area contributed by atoms with E-state index in [4.69, 9.17) is 4.74 Å². The van der Waals surface area contributed by atoms with Crippen LogP contribution in [0.4, 0.5) is 0 Å². The van der Waals surface area contributed by atoms with Gasteiger partial charge >= 0.3 is 5.97 Å². The fourth-order valence-electron chi connectivity index (χ4n) is 9.39. The van der Waals surface area contributed by atoms with Crippen molar-refractivity contribution >= 4 is 11.8 Å². The van der Waals surface area contributed by atoms with E-state index in [-0.39, 0.29) is 48.5 Å². The van der Waals surface area contributed by atoms with Gasteiger partial charge in [0.1, 0.15) is 6.10 Å². The van der Waals surface area contributed by atoms with Gasteiger partial charge in [0.25, 0.3) is 0 Å². The van der Waals surface area contributed by atoms with E-state index in [9.17, 15) is 35.1 Å². The largest absolute Gasteiger partial charge is 0.462 e. The molecule has 0 aromatic carbocycles. The molecule has 208 valence electrons. The molecule has 13 atom stereocenters. The zero-order valence-corrected chi connectivity index (χ0v) is 22.7. The maximum Gasteiger partial charge on any atom is 0.309 e. The summed E-state index contributed by atoms with van der Waals surface area (Å²) in [6.45, 7) is 9.21. The molecule has 5 rings (SSSR count). The van der Waals surface area contributed by atoms with Crippen LogP contribution < -0.4 is 0 Å². The molecular formula is C29H44O8. The topological polar surface area (TPSA) is 145 Å². The van der Waals surface area contributed by atoms with Gasteiger partial charge in [-0.05, 0) is 87.7 Å². The van der Waals surface area contributed by atoms with E-state index in [1.165, 1.54) is 0 Å². The third kappa shape index (κ3) is 3.65. The average molecular weight is 521 g/mol. The molecule has 1 heterocycles. The molecule has 0 unspecified atom stereocenters. The van der Waals surface area contributed by atoms with E-state index in [1.54, 1.807) is 19.9 Å². The lowest BCUT2D eigenvalue weighted by atomic mass is 9.45. The lowest BCUT2D eigenvalue weighted by Crippen LogP contribution is -2.63. The normalized spacial score (nSPS) is 51.9. The number of carbonyl (C=O) groups excluding carboxylic acids is 2. The van der Waals surface area contributed by atoms with Gasteiger partial charge in [0.2, 0.25) is 0 Å². The minimum Gasteiger partial charge on any atom is -0.462 e. The third-order valence-electron chi connectivity index (χ3n) is 11.9. The van der Waals surface area contributed by atoms with E-state index >= 15 is 0 Å². The van der Waals surface area contributed by atoms with Crippen molar-refractivity contribution in [2.75, 3.05) is 0 Å². The predicted molar refractivity (Wildman–Crippen MR) is 134 cm³/mol. The number of rotatable bonds is 4. The minimum atomic E-state index is -1.52. The van der Waals surface area contributed by atoms with Crippen LogP contribution in [-0.2, 0) is 14.3 Å². The molecule has 1 saturated heterocycles. The Morgan fingerprint density at radius 2 is 1.78 bits per heavy atom. The van der Waals surface area contributed by atoms with Crippen molar-refractivity contribution in [3.05, 3.63) is 11.6 Å². The molecule has 37 heavy (non-hydrogen) atoms. The first-order valence-electron chi connectivity index (χ1n) is 14.0. The summed E-state index contributed by atoms with van der Waals surface area (Å²) in [5.41, 5.74) is -3.47. The molecule has 0 radical (unpaired) electrons. The molecular weight excluding hydrogens is 476 g/mol. The molecule has 8 nitrogen and oxygen atoms in total. The van der Waals surface area contributed by atoms with Crippen LogP contribution >= 0.6 is 0 Å². The average Bonchev–Trinajstić information content (AvgIpc) is 3.23. The second-order valence-electron chi connectivity index (χ2n) is 13.7. The first-order valence-corrected chi connectivity index (χ1v) is 14.0. The first kappa shape index (κ1) is 27.3. The van der Waals surface area contributed by atoms with Crippen LogP contribution in [0.5, 0.6) is 0 Å². The highest BCUT2D eigenvalue weighted by Gasteiger charge is 2.69. The van der Waals surface area contributed by atoms with Gasteiger partial charge in [0, 0.05) is 17.3 Å². The summed E-state index contributed by atoms with van der Waals surface area (Å²) in [6, 6.07) is 0. The number of hydrogen-bond acceptors (Lipinski definition) is 8. The SMILES string of the molecule is C[C@@H]1C(=O)O[C@H](C)[C@H]1C[C@@H](O)[C@](C)(O)[C@H]1CC[C@@]2(O)C3=CC(=O)[C@@H]4C[C@H](O)[C@H](O)C[C@]4(C)[C@H]3CC[C@]12C. The Balaban J connectivity index is 1.44. The fourth-order valence-corrected chi connectivity index (χ4v) is 9.39. The molecule has 5 N–H and O–H groups in total. The van der Waals surface area contributed by atoms with Crippen molar-refractivity contribution in [3.63, 3.8) is 0 Å². The highest BCUT2D eigenvalue weighted by Crippen LogP contribution is 2.68. The lowest BCUT2D eigenvalue weighted by Gasteiger charge is -2.60. The Kier molecular flexibility index (Phi) is 6.33. The van der Waals surface area contributed by atoms with Gasteiger partial charge in [-0.15, -0.1) is 0 Å². The van der Waals surface area contributed by atoms with Crippen molar-refractivity contribution in [1.29, 1.82) is 0 Å². The first-order chi connectivity index (χ1) is 17.1. The molecule has 0 aromatic rings. The maximum atomic E-state index is 13.3. The zero-order valence-electron chi connectivity index (χ0n) is 22.7. The van der Waals surface area contributed by atoms with Gasteiger partial charge in [0.05, 0.1) is 35.4 Å². The molecule has 0 aromatic heterocycles. The Labute approximate surface area is 219 Å². The summed E-state index contributed by atoms with van der Waals surface area (Å²) in [5.74, 6) is -1.88. The molecule has 8 heteroatoms. The number of allylic oxidation sites excluding steroid dienone is 1. The zero-order chi connectivity index (χ0) is 27.3. The third-order valence-corrected chi connectivity index (χ3v) is 11.9. The molecule has 0 spiro atoms. The summed E-state index contributed by atoms with van der Waals surface area (Å²) in [5, 5.41) is 56.2. The van der Waals surface area contributed by atoms with Crippen LogP contribution in [0.1, 0.15) is 79.6 Å². The monoisotopic (exact) mass is 520 g/mol. The minimum absolute atomic E-state index is 0.104. The lowest BCUT2D eigenvalue weighted by molar-refractivity contribution is -0.178. The number of aliphatic hydroxyl groups excluding tert-OH is 3. The number of aliphatic hydroxyl groups is 5. The molecule has 4 aliphatic carbocycles. The summed E-state index contributed by atoms with van der Waals surface area (Å²) >= 11 is 0. The van der Waals surface area contributed by atoms with Gasteiger partial charge in [-0.1, -0.05) is 20.8 Å². The highest BCUT2D eigenvalue weighted by molar-refractivity contribution is 5.95. The van der Waals surface area contributed by atoms with Crippen molar-refractivity contribution in [1.82, 2.24) is 0 Å². The van der Waals surface area contributed by atoms with Crippen molar-refractivity contribution in [3.8, 4) is 0 Å². The predicted octanol–water partition coefficient (Wildman–Crippen LogP) is 1.89. The Morgan fingerprint density at radius 1 is 1.11 bits per heavy atom. The number of carbonyl (C=O) groups is 2. The van der Waals surface area contributed by atoms with Gasteiger partial charge in [-0.2, -0.15) is 0 Å². The second kappa shape index (κ2) is 8.59. The van der Waals surface area contributed by atoms with Gasteiger partial charge in [-0.3, -0.25) is 9.59 Å². The number of ether oxygens (including phenoxy) is 1. The molecule has 3 saturated carbocycles. The Morgan fingerprint density at radius 3 is 2.41 bits per heavy atom. The van der Waals surface area contributed by atoms with E-state index in [1.807, 2.05) is 20.8 Å². The summed E-state index contributed by atoms with van der Waals surface area (Å²) in [4.78, 5) is 25.4. The number of hydrogen-bond donors (Lipinski definition) is 5. The van der Waals surface area contributed by atoms with Crippen LogP contribution in [0.25, 0.3) is 0 Å². The maximum absolute atomic E-state index is 13.3. The molecule has 0 amide bonds. The van der Waals surface area contributed by atoms with E-state index < -0.39 is 52.2 Å². The van der Waals surface area contributed by atoms with E-state index in [2.05, 4.69) is 0 Å². The van der Waals surface area contributed by atoms with Crippen LogP contribution in [0.2, 0.25) is 0 Å². The molecule has 4 fully saturated rings. The van der Waals surface area contributed by atoms with Gasteiger partial charge in [0.15, 0.2) is 5.78 Å². The Hall–Kier alpha value is -1.32.